The number of hydrogen-bond donors (Lipinski definition) is 0. The molecule has 19 nitrogen and oxygen atoms in total. The molecule has 0 unspecified atom stereocenters. The van der Waals surface area contributed by atoms with E-state index < -0.39 is 111 Å². The number of nitro groups is 1. The van der Waals surface area contributed by atoms with Gasteiger partial charge in [0.2, 0.25) is 10.0 Å². The number of carbonyl (C=O) groups excluding carboxylic acids is 2. The van der Waals surface area contributed by atoms with E-state index in [1.807, 2.05) is 121 Å². The van der Waals surface area contributed by atoms with Crippen LogP contribution in [0.15, 0.2) is 156 Å². The van der Waals surface area contributed by atoms with E-state index in [1.165, 1.54) is 0 Å². The van der Waals surface area contributed by atoms with Crippen molar-refractivity contribution in [3.63, 3.8) is 0 Å². The first-order valence-corrected chi connectivity index (χ1v) is 25.3. The summed E-state index contributed by atoms with van der Waals surface area (Å²) in [6.07, 6.45) is -9.65. The van der Waals surface area contributed by atoms with Gasteiger partial charge < -0.3 is 37.9 Å². The summed E-state index contributed by atoms with van der Waals surface area (Å²) < 4.78 is 83.1. The van der Waals surface area contributed by atoms with Crippen molar-refractivity contribution in [3.05, 3.63) is 188 Å². The second-order valence-electron chi connectivity index (χ2n) is 18.1. The van der Waals surface area contributed by atoms with Crippen LogP contribution in [0.2, 0.25) is 0 Å². The molecule has 21 heteroatoms. The SMILES string of the molecule is CC(C)(C)OC(=O)[C@H]1[C@@H](O[C@H]2O[C@H](COC(=O)CCl)[C@@H](OCc3ccccc3)[C@H](OCc3ccccc3)[C@H]2N=[N+]=[N-])[C@H](OCc2ccccc2)[C@@H](OCc2ccccc2)CN1S(=O)(=O)c1ccc([N+](=O)[O-])cc1. The summed E-state index contributed by atoms with van der Waals surface area (Å²) in [5, 5.41) is 15.9. The molecule has 5 aromatic carbocycles. The Kier molecular flexibility index (Phi) is 19.1. The van der Waals surface area contributed by atoms with Crippen molar-refractivity contribution in [3.8, 4) is 0 Å². The van der Waals surface area contributed by atoms with E-state index in [0.717, 1.165) is 39.7 Å². The fourth-order valence-corrected chi connectivity index (χ4v) is 10.0. The highest BCUT2D eigenvalue weighted by Gasteiger charge is 2.57. The number of piperidine rings is 1. The van der Waals surface area contributed by atoms with E-state index in [2.05, 4.69) is 10.0 Å². The molecule has 0 radical (unpaired) electrons. The summed E-state index contributed by atoms with van der Waals surface area (Å²) in [4.78, 5) is 41.6. The second-order valence-corrected chi connectivity index (χ2v) is 20.2. The van der Waals surface area contributed by atoms with Crippen LogP contribution in [0.1, 0.15) is 43.0 Å². The van der Waals surface area contributed by atoms with Gasteiger partial charge in [0.1, 0.15) is 60.8 Å². The van der Waals surface area contributed by atoms with Crippen molar-refractivity contribution >= 4 is 39.3 Å². The van der Waals surface area contributed by atoms with E-state index in [0.29, 0.717) is 11.1 Å². The van der Waals surface area contributed by atoms with Crippen molar-refractivity contribution in [2.75, 3.05) is 19.0 Å². The van der Waals surface area contributed by atoms with E-state index in [-0.39, 0.29) is 32.1 Å². The van der Waals surface area contributed by atoms with Crippen LogP contribution in [0.25, 0.3) is 10.4 Å². The van der Waals surface area contributed by atoms with E-state index in [4.69, 9.17) is 49.5 Å². The normalized spacial score (nSPS) is 23.4. The van der Waals surface area contributed by atoms with Gasteiger partial charge in [-0.2, -0.15) is 4.31 Å². The molecule has 0 aliphatic carbocycles. The van der Waals surface area contributed by atoms with Crippen LogP contribution in [0, 0.1) is 10.1 Å². The highest BCUT2D eigenvalue weighted by atomic mass is 35.5. The molecule has 0 N–H and O–H groups in total. The number of halogens is 1. The molecule has 2 saturated heterocycles. The van der Waals surface area contributed by atoms with Crippen molar-refractivity contribution in [1.82, 2.24) is 4.31 Å². The fourth-order valence-electron chi connectivity index (χ4n) is 8.35. The maximum atomic E-state index is 15.2. The number of azide groups is 1. The van der Waals surface area contributed by atoms with E-state index >= 15 is 13.2 Å². The lowest BCUT2D eigenvalue weighted by Gasteiger charge is -2.50. The molecule has 2 aliphatic heterocycles. The van der Waals surface area contributed by atoms with Gasteiger partial charge in [-0.3, -0.25) is 19.7 Å². The largest absolute Gasteiger partial charge is 0.462 e. The topological polar surface area (TPSA) is 237 Å². The van der Waals surface area contributed by atoms with Gasteiger partial charge in [0.15, 0.2) is 12.3 Å². The van der Waals surface area contributed by atoms with Gasteiger partial charge in [-0.05, 0) is 60.7 Å². The summed E-state index contributed by atoms with van der Waals surface area (Å²) in [7, 11) is -4.83. The number of non-ortho nitro benzene ring substituents is 1. The molecule has 2 fully saturated rings. The first-order valence-electron chi connectivity index (χ1n) is 23.3. The first-order chi connectivity index (χ1) is 35.1. The van der Waals surface area contributed by atoms with Crippen LogP contribution >= 0.6 is 11.6 Å². The summed E-state index contributed by atoms with van der Waals surface area (Å²) in [5.41, 5.74) is 11.6. The molecular weight excluding hydrogens is 986 g/mol. The monoisotopic (exact) mass is 1040 g/mol. The van der Waals surface area contributed by atoms with Crippen molar-refractivity contribution in [2.45, 2.75) is 113 Å². The number of carbonyl (C=O) groups is 2. The molecule has 386 valence electrons. The minimum Gasteiger partial charge on any atom is -0.462 e. The number of hydrogen-bond acceptors (Lipinski definition) is 15. The quantitative estimate of drug-likeness (QED) is 0.0121. The van der Waals surface area contributed by atoms with Gasteiger partial charge in [0.25, 0.3) is 5.69 Å². The zero-order valence-electron chi connectivity index (χ0n) is 40.2. The summed E-state index contributed by atoms with van der Waals surface area (Å²) >= 11 is 5.89. The molecule has 9 atom stereocenters. The van der Waals surface area contributed by atoms with Crippen LogP contribution < -0.4 is 0 Å². The average Bonchev–Trinajstić information content (AvgIpc) is 3.39. The van der Waals surface area contributed by atoms with Crippen LogP contribution in [0.5, 0.6) is 0 Å². The molecule has 0 bridgehead atoms. The highest BCUT2D eigenvalue weighted by Crippen LogP contribution is 2.38. The Balaban J connectivity index is 1.39. The Morgan fingerprint density at radius 1 is 0.740 bits per heavy atom. The predicted molar refractivity (Wildman–Crippen MR) is 265 cm³/mol. The standard InChI is InChI=1S/C52H56ClN5O14S/c1-52(2,3)72-50(60)45-49(71-51-44(55-56-54)48(69-33-38-22-14-7-15-23-38)47(42(70-51)34-66-43(59)28-53)68-32-37-20-12-6-13-21-37)46(67-31-36-18-10-5-11-19-36)41(65-30-35-16-8-4-9-17-35)29-57(45)73(63,64)40-26-24-39(25-27-40)58(61)62/h4-27,41-42,44-49,51H,28-34H2,1-3H3/t41-,42+,44+,45+,46+,47+,48+,49+,51+/m0/s1. The predicted octanol–water partition coefficient (Wildman–Crippen LogP) is 8.22. The lowest BCUT2D eigenvalue weighted by Crippen LogP contribution is -2.69. The number of rotatable bonds is 22. The Hall–Kier alpha value is -6.29. The Labute approximate surface area is 428 Å². The number of ether oxygens (including phenoxy) is 8. The molecule has 7 rings (SSSR count). The van der Waals surface area contributed by atoms with Gasteiger partial charge in [0.05, 0.1) is 36.2 Å². The number of benzene rings is 5. The summed E-state index contributed by atoms with van der Waals surface area (Å²) in [6, 6.07) is 37.3. The average molecular weight is 1040 g/mol. The number of nitrogens with zero attached hydrogens (tertiary/aromatic N) is 5. The van der Waals surface area contributed by atoms with Gasteiger partial charge in [-0.25, -0.2) is 8.42 Å². The zero-order valence-corrected chi connectivity index (χ0v) is 41.8. The van der Waals surface area contributed by atoms with Gasteiger partial charge in [0, 0.05) is 23.6 Å². The molecule has 0 amide bonds. The van der Waals surface area contributed by atoms with Crippen molar-refractivity contribution in [1.29, 1.82) is 0 Å². The van der Waals surface area contributed by atoms with E-state index in [1.54, 1.807) is 20.8 Å². The van der Waals surface area contributed by atoms with Gasteiger partial charge in [-0.1, -0.05) is 126 Å². The van der Waals surface area contributed by atoms with Crippen LogP contribution in [-0.4, -0.2) is 109 Å². The number of esters is 2. The first kappa shape index (κ1) is 54.5. The molecule has 73 heavy (non-hydrogen) atoms. The minimum absolute atomic E-state index is 0.00314. The van der Waals surface area contributed by atoms with Crippen LogP contribution in [-0.2, 0) is 83.9 Å². The van der Waals surface area contributed by atoms with Gasteiger partial charge in [-0.15, -0.1) is 11.6 Å². The van der Waals surface area contributed by atoms with Crippen LogP contribution in [0.3, 0.4) is 0 Å². The highest BCUT2D eigenvalue weighted by molar-refractivity contribution is 7.89. The maximum Gasteiger partial charge on any atom is 0.327 e. The third-order valence-electron chi connectivity index (χ3n) is 11.7. The lowest BCUT2D eigenvalue weighted by molar-refractivity contribution is -0.384. The lowest BCUT2D eigenvalue weighted by atomic mass is 9.93. The molecular formula is C52H56ClN5O14S. The number of alkyl halides is 1. The molecule has 0 saturated carbocycles. The van der Waals surface area contributed by atoms with E-state index in [9.17, 15) is 20.4 Å². The minimum atomic E-state index is -4.83. The smallest absolute Gasteiger partial charge is 0.327 e. The summed E-state index contributed by atoms with van der Waals surface area (Å²) in [6.45, 7) is 3.63. The zero-order chi connectivity index (χ0) is 52.0. The Morgan fingerprint density at radius 2 is 1.22 bits per heavy atom. The number of sulfonamides is 1. The molecule has 2 heterocycles. The maximum absolute atomic E-state index is 15.2. The third-order valence-corrected chi connectivity index (χ3v) is 13.8. The molecule has 0 spiro atoms. The van der Waals surface area contributed by atoms with Crippen molar-refractivity contribution in [2.24, 2.45) is 5.11 Å². The number of nitro benzene ring substituents is 1. The molecule has 0 aromatic heterocycles. The molecule has 5 aromatic rings. The third kappa shape index (κ3) is 14.7. The second kappa shape index (κ2) is 25.6. The van der Waals surface area contributed by atoms with Gasteiger partial charge >= 0.3 is 11.9 Å². The van der Waals surface area contributed by atoms with Crippen molar-refractivity contribution < 1.29 is 60.8 Å². The van der Waals surface area contributed by atoms with Crippen LogP contribution in [0.4, 0.5) is 5.69 Å². The molecule has 2 aliphatic rings. The summed E-state index contributed by atoms with van der Waals surface area (Å²) in [5.74, 6) is -2.36. The Bertz CT molecular complexity index is 2740. The Morgan fingerprint density at radius 3 is 1.68 bits per heavy atom. The fraction of sp³-hybridized carbons (Fsp3) is 0.385.